The van der Waals surface area contributed by atoms with Crippen molar-refractivity contribution < 1.29 is 0 Å². The highest BCUT2D eigenvalue weighted by molar-refractivity contribution is 5.80. The fourth-order valence-corrected chi connectivity index (χ4v) is 3.26. The van der Waals surface area contributed by atoms with E-state index in [2.05, 4.69) is 41.5 Å². The van der Waals surface area contributed by atoms with Crippen molar-refractivity contribution in [2.45, 2.75) is 44.6 Å². The minimum absolute atomic E-state index is 0.305. The Hall–Kier alpha value is -0.770. The second kappa shape index (κ2) is 5.91. The molecule has 0 aromatic heterocycles. The van der Waals surface area contributed by atoms with E-state index in [0.29, 0.717) is 5.54 Å². The van der Waals surface area contributed by atoms with Gasteiger partial charge >= 0.3 is 0 Å². The first-order chi connectivity index (χ1) is 8.62. The van der Waals surface area contributed by atoms with Crippen LogP contribution in [0, 0.1) is 5.92 Å². The second-order valence-electron chi connectivity index (χ2n) is 6.18. The molecule has 4 nitrogen and oxygen atoms in total. The van der Waals surface area contributed by atoms with E-state index < -0.39 is 0 Å². The van der Waals surface area contributed by atoms with Gasteiger partial charge in [0.1, 0.15) is 0 Å². The largest absolute Gasteiger partial charge is 0.356 e. The van der Waals surface area contributed by atoms with Gasteiger partial charge in [0, 0.05) is 25.2 Å². The summed E-state index contributed by atoms with van der Waals surface area (Å²) in [6.07, 6.45) is 6.47. The Morgan fingerprint density at radius 2 is 2.28 bits per heavy atom. The molecule has 2 unspecified atom stereocenters. The third kappa shape index (κ3) is 3.16. The van der Waals surface area contributed by atoms with E-state index in [-0.39, 0.29) is 0 Å². The number of nitrogens with zero attached hydrogens (tertiary/aromatic N) is 2. The van der Waals surface area contributed by atoms with Crippen molar-refractivity contribution in [3.63, 3.8) is 0 Å². The van der Waals surface area contributed by atoms with Gasteiger partial charge in [0.25, 0.3) is 0 Å². The highest BCUT2D eigenvalue weighted by Crippen LogP contribution is 2.35. The summed E-state index contributed by atoms with van der Waals surface area (Å²) in [5.74, 6) is 1.84. The van der Waals surface area contributed by atoms with Crippen LogP contribution in [0.4, 0.5) is 0 Å². The van der Waals surface area contributed by atoms with Gasteiger partial charge in [0.05, 0.1) is 0 Å². The van der Waals surface area contributed by atoms with Crippen molar-refractivity contribution >= 4 is 5.96 Å². The van der Waals surface area contributed by atoms with Gasteiger partial charge in [-0.2, -0.15) is 0 Å². The third-order valence-electron chi connectivity index (χ3n) is 4.50. The molecule has 1 fully saturated rings. The summed E-state index contributed by atoms with van der Waals surface area (Å²) in [6, 6.07) is 0. The van der Waals surface area contributed by atoms with Crippen LogP contribution in [0.5, 0.6) is 0 Å². The fourth-order valence-electron chi connectivity index (χ4n) is 3.26. The van der Waals surface area contributed by atoms with Crippen LogP contribution < -0.4 is 10.6 Å². The lowest BCUT2D eigenvalue weighted by Gasteiger charge is -2.45. The lowest BCUT2D eigenvalue weighted by molar-refractivity contribution is 0.0795. The summed E-state index contributed by atoms with van der Waals surface area (Å²) in [6.45, 7) is 5.40. The molecular weight excluding hydrogens is 224 g/mol. The summed E-state index contributed by atoms with van der Waals surface area (Å²) in [4.78, 5) is 6.91. The maximum Gasteiger partial charge on any atom is 0.191 e. The van der Waals surface area contributed by atoms with Crippen LogP contribution in [-0.4, -0.2) is 50.1 Å². The molecule has 104 valence electrons. The Labute approximate surface area is 111 Å². The normalized spacial score (nSPS) is 32.9. The molecule has 18 heavy (non-hydrogen) atoms. The lowest BCUT2D eigenvalue weighted by Crippen LogP contribution is -2.56. The molecule has 0 spiro atoms. The van der Waals surface area contributed by atoms with Gasteiger partial charge in [0.2, 0.25) is 0 Å². The van der Waals surface area contributed by atoms with Gasteiger partial charge < -0.3 is 15.5 Å². The Morgan fingerprint density at radius 3 is 2.89 bits per heavy atom. The Morgan fingerprint density at radius 1 is 1.44 bits per heavy atom. The van der Waals surface area contributed by atoms with Crippen molar-refractivity contribution in [3.05, 3.63) is 0 Å². The monoisotopic (exact) mass is 252 g/mol. The minimum atomic E-state index is 0.305. The summed E-state index contributed by atoms with van der Waals surface area (Å²) < 4.78 is 0. The van der Waals surface area contributed by atoms with Crippen molar-refractivity contribution in [2.75, 3.05) is 33.7 Å². The smallest absolute Gasteiger partial charge is 0.191 e. The maximum absolute atomic E-state index is 4.50. The predicted octanol–water partition coefficient (Wildman–Crippen LogP) is 1.44. The molecule has 1 heterocycles. The number of nitrogens with one attached hydrogen (secondary N) is 2. The number of guanidine groups is 1. The quantitative estimate of drug-likeness (QED) is 0.798. The molecule has 1 aliphatic heterocycles. The van der Waals surface area contributed by atoms with E-state index >= 15 is 0 Å². The molecule has 2 aliphatic rings. The molecular formula is C14H28N4. The number of aliphatic imine (C=N–C) groups is 1. The molecule has 2 N–H and O–H groups in total. The van der Waals surface area contributed by atoms with Gasteiger partial charge in [-0.25, -0.2) is 0 Å². The van der Waals surface area contributed by atoms with Crippen molar-refractivity contribution in [1.29, 1.82) is 0 Å². The van der Waals surface area contributed by atoms with E-state index in [0.717, 1.165) is 37.9 Å². The number of likely N-dealkylation sites (N-methyl/N-ethyl adjacent to an activating group) is 1. The Balaban J connectivity index is 1.95. The van der Waals surface area contributed by atoms with Crippen LogP contribution in [0.25, 0.3) is 0 Å². The first-order valence-electron chi connectivity index (χ1n) is 7.32. The van der Waals surface area contributed by atoms with Gasteiger partial charge in [-0.05, 0) is 39.3 Å². The van der Waals surface area contributed by atoms with E-state index in [1.807, 2.05) is 0 Å². The van der Waals surface area contributed by atoms with Crippen molar-refractivity contribution in [2.24, 2.45) is 10.9 Å². The molecule has 2 rings (SSSR count). The van der Waals surface area contributed by atoms with Crippen LogP contribution in [0.15, 0.2) is 4.99 Å². The molecule has 0 aromatic rings. The van der Waals surface area contributed by atoms with Crippen LogP contribution in [-0.2, 0) is 0 Å². The second-order valence-corrected chi connectivity index (χ2v) is 6.18. The fraction of sp³-hybridized carbons (Fsp3) is 0.929. The summed E-state index contributed by atoms with van der Waals surface area (Å²) in [5, 5.41) is 6.88. The molecule has 1 saturated carbocycles. The molecule has 0 bridgehead atoms. The molecule has 0 amide bonds. The van der Waals surface area contributed by atoms with Crippen LogP contribution >= 0.6 is 0 Å². The van der Waals surface area contributed by atoms with E-state index in [1.54, 1.807) is 0 Å². The van der Waals surface area contributed by atoms with Crippen LogP contribution in [0.3, 0.4) is 0 Å². The molecule has 4 heteroatoms. The zero-order chi connectivity index (χ0) is 13.0. The van der Waals surface area contributed by atoms with E-state index in [4.69, 9.17) is 0 Å². The topological polar surface area (TPSA) is 39.7 Å². The maximum atomic E-state index is 4.50. The predicted molar refractivity (Wildman–Crippen MR) is 77.0 cm³/mol. The molecule has 0 aromatic carbocycles. The molecule has 0 saturated heterocycles. The Kier molecular flexibility index (Phi) is 4.49. The third-order valence-corrected chi connectivity index (χ3v) is 4.50. The molecule has 0 radical (unpaired) electrons. The summed E-state index contributed by atoms with van der Waals surface area (Å²) in [5.41, 5.74) is 0.305. The average Bonchev–Trinajstić information content (AvgIpc) is 2.37. The summed E-state index contributed by atoms with van der Waals surface area (Å²) in [7, 11) is 4.44. The van der Waals surface area contributed by atoms with Crippen molar-refractivity contribution in [1.82, 2.24) is 15.5 Å². The van der Waals surface area contributed by atoms with E-state index in [1.165, 1.54) is 25.7 Å². The zero-order valence-corrected chi connectivity index (χ0v) is 12.1. The number of hydrogen-bond acceptors (Lipinski definition) is 4. The first-order valence-corrected chi connectivity index (χ1v) is 7.32. The highest BCUT2D eigenvalue weighted by atomic mass is 15.2. The standard InChI is InChI=1S/C14H28N4/c1-12-6-4-7-14(10-12,18(2)3)11-17-13-15-8-5-9-16-13/h12H,4-11H2,1-3H3,(H2,15,16,17). The van der Waals surface area contributed by atoms with E-state index in [9.17, 15) is 0 Å². The minimum Gasteiger partial charge on any atom is -0.356 e. The Bertz CT molecular complexity index is 300. The van der Waals surface area contributed by atoms with Gasteiger partial charge in [0.15, 0.2) is 5.96 Å². The molecule has 2 atom stereocenters. The zero-order valence-electron chi connectivity index (χ0n) is 12.1. The van der Waals surface area contributed by atoms with Gasteiger partial charge in [-0.3, -0.25) is 4.99 Å². The van der Waals surface area contributed by atoms with Crippen LogP contribution in [0.2, 0.25) is 0 Å². The van der Waals surface area contributed by atoms with Crippen LogP contribution in [0.1, 0.15) is 39.0 Å². The van der Waals surface area contributed by atoms with Gasteiger partial charge in [-0.1, -0.05) is 19.8 Å². The average molecular weight is 252 g/mol. The summed E-state index contributed by atoms with van der Waals surface area (Å²) >= 11 is 0. The highest BCUT2D eigenvalue weighted by Gasteiger charge is 2.36. The van der Waals surface area contributed by atoms with Gasteiger partial charge in [-0.15, -0.1) is 0 Å². The number of hydrogen-bond donors (Lipinski definition) is 2. The first kappa shape index (κ1) is 13.7. The molecule has 1 aliphatic carbocycles. The SMILES string of the molecule is CC1CCCC(CNC2=NCCCN2)(N(C)C)C1. The number of rotatable bonds is 3. The van der Waals surface area contributed by atoms with Crippen molar-refractivity contribution in [3.8, 4) is 0 Å². The lowest BCUT2D eigenvalue weighted by atomic mass is 9.75.